The normalized spacial score (nSPS) is 24.2. The van der Waals surface area contributed by atoms with Crippen molar-refractivity contribution in [3.8, 4) is 0 Å². The molecule has 17 heavy (non-hydrogen) atoms. The maximum Gasteiger partial charge on any atom is 0.151 e. The zero-order chi connectivity index (χ0) is 11.4. The van der Waals surface area contributed by atoms with Crippen molar-refractivity contribution < 1.29 is 9.53 Å². The molecule has 1 aliphatic carbocycles. The number of hydrogen-bond acceptors (Lipinski definition) is 2. The number of ether oxygens (including phenoxy) is 1. The summed E-state index contributed by atoms with van der Waals surface area (Å²) >= 11 is 0. The summed E-state index contributed by atoms with van der Waals surface area (Å²) in [5.41, 5.74) is 2.96. The van der Waals surface area contributed by atoms with Gasteiger partial charge in [0.25, 0.3) is 0 Å². The van der Waals surface area contributed by atoms with Gasteiger partial charge in [0.2, 0.25) is 0 Å². The quantitative estimate of drug-likeness (QED) is 0.548. The Labute approximate surface area is 98.5 Å². The Bertz CT molecular complexity index is 670. The number of benzene rings is 2. The third-order valence-corrected chi connectivity index (χ3v) is 3.56. The summed E-state index contributed by atoms with van der Waals surface area (Å²) in [6.07, 6.45) is 5.36. The molecule has 0 bridgehead atoms. The first kappa shape index (κ1) is 9.14. The summed E-state index contributed by atoms with van der Waals surface area (Å²) in [7, 11) is 0. The predicted molar refractivity (Wildman–Crippen MR) is 66.0 cm³/mol. The number of carbonyl (C=O) groups is 1. The first-order valence-electron chi connectivity index (χ1n) is 5.73. The summed E-state index contributed by atoms with van der Waals surface area (Å²) in [6, 6.07) is 10.1. The summed E-state index contributed by atoms with van der Waals surface area (Å²) in [6.45, 7) is 0. The van der Waals surface area contributed by atoms with Crippen LogP contribution in [0.5, 0.6) is 0 Å². The van der Waals surface area contributed by atoms with Crippen LogP contribution in [0.15, 0.2) is 36.4 Å². The zero-order valence-electron chi connectivity index (χ0n) is 9.09. The molecule has 0 amide bonds. The molecule has 4 rings (SSSR count). The first-order valence-corrected chi connectivity index (χ1v) is 5.73. The lowest BCUT2D eigenvalue weighted by molar-refractivity contribution is 0.112. The number of fused-ring (bicyclic) bond motifs is 4. The molecule has 1 aliphatic heterocycles. The van der Waals surface area contributed by atoms with E-state index in [0.29, 0.717) is 0 Å². The van der Waals surface area contributed by atoms with E-state index in [1.165, 1.54) is 0 Å². The molecule has 2 nitrogen and oxygen atoms in total. The standard InChI is InChI=1S/C15H10O2/c16-8-12-11-4-2-1-3-9(11)7-10-5-6-13-15(17-13)14(10)12/h1-8,13,15H. The van der Waals surface area contributed by atoms with Gasteiger partial charge in [-0.05, 0) is 22.4 Å². The van der Waals surface area contributed by atoms with Gasteiger partial charge in [-0.2, -0.15) is 0 Å². The smallest absolute Gasteiger partial charge is 0.151 e. The Kier molecular flexibility index (Phi) is 1.64. The molecule has 1 saturated heterocycles. The van der Waals surface area contributed by atoms with Gasteiger partial charge in [-0.3, -0.25) is 4.79 Å². The van der Waals surface area contributed by atoms with Crippen LogP contribution >= 0.6 is 0 Å². The molecular weight excluding hydrogens is 212 g/mol. The van der Waals surface area contributed by atoms with Crippen LogP contribution in [0.4, 0.5) is 0 Å². The zero-order valence-corrected chi connectivity index (χ0v) is 9.09. The second-order valence-electron chi connectivity index (χ2n) is 4.51. The number of epoxide rings is 1. The van der Waals surface area contributed by atoms with E-state index >= 15 is 0 Å². The van der Waals surface area contributed by atoms with Crippen LogP contribution < -0.4 is 0 Å². The fraction of sp³-hybridized carbons (Fsp3) is 0.133. The highest BCUT2D eigenvalue weighted by Gasteiger charge is 2.43. The maximum atomic E-state index is 11.4. The Morgan fingerprint density at radius 3 is 3.00 bits per heavy atom. The Balaban J connectivity index is 2.16. The SMILES string of the molecule is O=Cc1c2c(cc3ccccc13)C=CC1OC21. The van der Waals surface area contributed by atoms with Crippen LogP contribution in [0.3, 0.4) is 0 Å². The van der Waals surface area contributed by atoms with Crippen LogP contribution in [0.1, 0.15) is 27.6 Å². The minimum Gasteiger partial charge on any atom is -0.360 e. The van der Waals surface area contributed by atoms with Crippen LogP contribution in [-0.4, -0.2) is 12.4 Å². The van der Waals surface area contributed by atoms with E-state index in [-0.39, 0.29) is 12.2 Å². The highest BCUT2D eigenvalue weighted by atomic mass is 16.6. The van der Waals surface area contributed by atoms with E-state index in [2.05, 4.69) is 18.2 Å². The van der Waals surface area contributed by atoms with Gasteiger partial charge in [-0.1, -0.05) is 36.4 Å². The van der Waals surface area contributed by atoms with Crippen LogP contribution in [-0.2, 0) is 4.74 Å². The molecule has 0 N–H and O–H groups in total. The molecule has 0 saturated carbocycles. The van der Waals surface area contributed by atoms with Gasteiger partial charge in [-0.15, -0.1) is 0 Å². The predicted octanol–water partition coefficient (Wildman–Crippen LogP) is 3.12. The van der Waals surface area contributed by atoms with Gasteiger partial charge in [0.05, 0.1) is 0 Å². The second kappa shape index (κ2) is 3.05. The van der Waals surface area contributed by atoms with Gasteiger partial charge in [-0.25, -0.2) is 0 Å². The number of aldehydes is 1. The topological polar surface area (TPSA) is 29.6 Å². The molecule has 1 heterocycles. The number of hydrogen-bond donors (Lipinski definition) is 0. The van der Waals surface area contributed by atoms with Crippen molar-refractivity contribution >= 4 is 23.1 Å². The molecule has 2 unspecified atom stereocenters. The number of rotatable bonds is 1. The fourth-order valence-electron chi connectivity index (χ4n) is 2.70. The van der Waals surface area contributed by atoms with E-state index in [1.54, 1.807) is 0 Å². The third kappa shape index (κ3) is 1.16. The third-order valence-electron chi connectivity index (χ3n) is 3.56. The van der Waals surface area contributed by atoms with Crippen LogP contribution in [0, 0.1) is 0 Å². The Morgan fingerprint density at radius 2 is 2.12 bits per heavy atom. The van der Waals surface area contributed by atoms with Gasteiger partial charge in [0, 0.05) is 11.1 Å². The lowest BCUT2D eigenvalue weighted by Gasteiger charge is -2.12. The van der Waals surface area contributed by atoms with Gasteiger partial charge in [0.1, 0.15) is 12.2 Å². The lowest BCUT2D eigenvalue weighted by atomic mass is 9.89. The molecule has 1 fully saturated rings. The Morgan fingerprint density at radius 1 is 1.24 bits per heavy atom. The van der Waals surface area contributed by atoms with Gasteiger partial charge >= 0.3 is 0 Å². The van der Waals surface area contributed by atoms with Crippen molar-refractivity contribution in [3.63, 3.8) is 0 Å². The van der Waals surface area contributed by atoms with Crippen molar-refractivity contribution in [3.05, 3.63) is 53.1 Å². The average Bonchev–Trinajstić information content (AvgIpc) is 3.15. The van der Waals surface area contributed by atoms with Crippen molar-refractivity contribution in [1.29, 1.82) is 0 Å². The summed E-state index contributed by atoms with van der Waals surface area (Å²) in [5, 5.41) is 2.13. The van der Waals surface area contributed by atoms with E-state index in [1.807, 2.05) is 24.3 Å². The Hall–Kier alpha value is -1.93. The molecule has 2 heteroatoms. The lowest BCUT2D eigenvalue weighted by Crippen LogP contribution is -2.01. The van der Waals surface area contributed by atoms with Crippen LogP contribution in [0.2, 0.25) is 0 Å². The maximum absolute atomic E-state index is 11.4. The van der Waals surface area contributed by atoms with Gasteiger partial charge < -0.3 is 4.74 Å². The second-order valence-corrected chi connectivity index (χ2v) is 4.51. The molecule has 2 aromatic rings. The van der Waals surface area contributed by atoms with Crippen molar-refractivity contribution in [2.45, 2.75) is 12.2 Å². The molecule has 0 radical (unpaired) electrons. The van der Waals surface area contributed by atoms with Crippen molar-refractivity contribution in [2.75, 3.05) is 0 Å². The summed E-state index contributed by atoms with van der Waals surface area (Å²) in [4.78, 5) is 11.4. The molecule has 2 atom stereocenters. The minimum absolute atomic E-state index is 0.0970. The molecule has 0 spiro atoms. The van der Waals surface area contributed by atoms with E-state index in [0.717, 1.165) is 33.7 Å². The molecule has 0 aromatic heterocycles. The molecule has 82 valence electrons. The summed E-state index contributed by atoms with van der Waals surface area (Å²) < 4.78 is 5.55. The minimum atomic E-state index is 0.0970. The van der Waals surface area contributed by atoms with Gasteiger partial charge in [0.15, 0.2) is 6.29 Å². The van der Waals surface area contributed by atoms with E-state index in [4.69, 9.17) is 4.74 Å². The monoisotopic (exact) mass is 222 g/mol. The fourth-order valence-corrected chi connectivity index (χ4v) is 2.70. The number of carbonyl (C=O) groups excluding carboxylic acids is 1. The summed E-state index contributed by atoms with van der Waals surface area (Å²) in [5.74, 6) is 0. The van der Waals surface area contributed by atoms with Crippen LogP contribution in [0.25, 0.3) is 16.8 Å². The van der Waals surface area contributed by atoms with E-state index in [9.17, 15) is 4.79 Å². The van der Waals surface area contributed by atoms with Crippen molar-refractivity contribution in [1.82, 2.24) is 0 Å². The molecular formula is C15H10O2. The highest BCUT2D eigenvalue weighted by Crippen LogP contribution is 2.47. The van der Waals surface area contributed by atoms with Crippen molar-refractivity contribution in [2.24, 2.45) is 0 Å². The molecule has 2 aromatic carbocycles. The average molecular weight is 222 g/mol. The first-order chi connectivity index (χ1) is 8.38. The molecule has 2 aliphatic rings. The van der Waals surface area contributed by atoms with E-state index < -0.39 is 0 Å². The highest BCUT2D eigenvalue weighted by molar-refractivity contribution is 6.02. The largest absolute Gasteiger partial charge is 0.360 e.